The lowest BCUT2D eigenvalue weighted by molar-refractivity contribution is -0.0329. The summed E-state index contributed by atoms with van der Waals surface area (Å²) in [5.74, 6) is 0. The van der Waals surface area contributed by atoms with Crippen LogP contribution in [0.2, 0.25) is 0 Å². The maximum atomic E-state index is 10.1. The first kappa shape index (κ1) is 31.2. The molecule has 2 fully saturated rings. The number of nitrogens with zero attached hydrogens (tertiary/aromatic N) is 3. The maximum Gasteiger partial charge on any atom is 0.151 e. The number of nitrogens with one attached hydrogen (secondary N) is 1. The van der Waals surface area contributed by atoms with E-state index in [2.05, 4.69) is 94.5 Å². The molecule has 0 saturated carbocycles. The van der Waals surface area contributed by atoms with Crippen molar-refractivity contribution in [1.29, 1.82) is 0 Å². The van der Waals surface area contributed by atoms with Crippen LogP contribution in [-0.4, -0.2) is 60.5 Å². The molecule has 2 saturated heterocycles. The van der Waals surface area contributed by atoms with Crippen LogP contribution in [0.4, 0.5) is 0 Å². The molecule has 0 spiro atoms. The van der Waals surface area contributed by atoms with Gasteiger partial charge in [0, 0.05) is 50.7 Å². The van der Waals surface area contributed by atoms with Gasteiger partial charge in [-0.2, -0.15) is 0 Å². The zero-order valence-corrected chi connectivity index (χ0v) is 25.9. The van der Waals surface area contributed by atoms with E-state index >= 15 is 0 Å². The average Bonchev–Trinajstić information content (AvgIpc) is 3.05. The molecule has 0 aliphatic carbocycles. The molecule has 1 N–H and O–H groups in total. The Morgan fingerprint density at radius 1 is 0.805 bits per heavy atom. The minimum Gasteiger partial charge on any atom is -0.371 e. The molecular weight excluding hydrogens is 648 g/mol. The van der Waals surface area contributed by atoms with E-state index in [1.165, 1.54) is 22.9 Å². The van der Waals surface area contributed by atoms with Crippen LogP contribution in [0, 0.1) is 0 Å². The molecule has 2 aliphatic heterocycles. The number of aldehydes is 1. The number of hydrogen-bond donors (Lipinski definition) is 1. The van der Waals surface area contributed by atoms with Crippen molar-refractivity contribution in [2.45, 2.75) is 18.8 Å². The molecule has 7 nitrogen and oxygen atoms in total. The highest BCUT2D eigenvalue weighted by Crippen LogP contribution is 2.23. The molecule has 2 atom stereocenters. The highest BCUT2D eigenvalue weighted by Gasteiger charge is 2.21. The van der Waals surface area contributed by atoms with Gasteiger partial charge in [-0.05, 0) is 66.7 Å². The minimum absolute atomic E-state index is 0.174. The number of rotatable bonds is 5. The van der Waals surface area contributed by atoms with Gasteiger partial charge in [0.15, 0.2) is 6.29 Å². The standard InChI is InChI=1S/C16H17BrN2O.C10H13NO.C6H4BrNO/c17-16-7-6-13(10-18-16)11-19-8-9-20-15(12-19)14-4-2-1-3-5-14;1-2-4-9(5-3-1)10-8-11-6-7-12-10;7-6-2-1-5(4-9)3-8-6/h1-7,10,15H,8-9,11-12H2;1-5,10-11H,6-8H2;1-4H. The van der Waals surface area contributed by atoms with Crippen molar-refractivity contribution in [1.82, 2.24) is 20.2 Å². The fourth-order valence-electron chi connectivity index (χ4n) is 4.38. The largest absolute Gasteiger partial charge is 0.371 e. The second kappa shape index (κ2) is 17.2. The van der Waals surface area contributed by atoms with Gasteiger partial charge in [-0.15, -0.1) is 0 Å². The number of benzene rings is 2. The fourth-order valence-corrected chi connectivity index (χ4v) is 4.85. The Morgan fingerprint density at radius 2 is 1.44 bits per heavy atom. The van der Waals surface area contributed by atoms with Crippen molar-refractivity contribution in [3.05, 3.63) is 129 Å². The van der Waals surface area contributed by atoms with Crippen LogP contribution in [0.5, 0.6) is 0 Å². The Bertz CT molecular complexity index is 1290. The Morgan fingerprint density at radius 3 is 2.00 bits per heavy atom. The smallest absolute Gasteiger partial charge is 0.151 e. The first-order valence-corrected chi connectivity index (χ1v) is 15.1. The third-order valence-corrected chi connectivity index (χ3v) is 7.44. The second-order valence-corrected chi connectivity index (χ2v) is 11.1. The Hall–Kier alpha value is -2.79. The first-order chi connectivity index (χ1) is 20.1. The van der Waals surface area contributed by atoms with E-state index in [4.69, 9.17) is 9.47 Å². The van der Waals surface area contributed by atoms with Crippen molar-refractivity contribution in [3.8, 4) is 0 Å². The van der Waals surface area contributed by atoms with Crippen molar-refractivity contribution in [2.24, 2.45) is 0 Å². The van der Waals surface area contributed by atoms with Crippen molar-refractivity contribution < 1.29 is 14.3 Å². The van der Waals surface area contributed by atoms with E-state index in [0.29, 0.717) is 5.56 Å². The van der Waals surface area contributed by atoms with Gasteiger partial charge in [0.25, 0.3) is 0 Å². The third kappa shape index (κ3) is 10.8. The minimum atomic E-state index is 0.174. The van der Waals surface area contributed by atoms with Crippen LogP contribution in [-0.2, 0) is 16.0 Å². The molecule has 0 bridgehead atoms. The van der Waals surface area contributed by atoms with Crippen LogP contribution in [0.25, 0.3) is 0 Å². The Balaban J connectivity index is 0.000000156. The lowest BCUT2D eigenvalue weighted by Crippen LogP contribution is -2.37. The molecule has 2 unspecified atom stereocenters. The van der Waals surface area contributed by atoms with Gasteiger partial charge in [0.2, 0.25) is 0 Å². The normalized spacial score (nSPS) is 18.7. The molecule has 4 aromatic rings. The molecule has 0 radical (unpaired) electrons. The number of pyridine rings is 2. The summed E-state index contributed by atoms with van der Waals surface area (Å²) >= 11 is 6.51. The summed E-state index contributed by atoms with van der Waals surface area (Å²) in [7, 11) is 0. The van der Waals surface area contributed by atoms with Gasteiger partial charge in [0.05, 0.1) is 25.4 Å². The molecule has 6 rings (SSSR count). The third-order valence-electron chi connectivity index (χ3n) is 6.50. The number of ether oxygens (including phenoxy) is 2. The SMILES string of the molecule is Brc1ccc(CN2CCOC(c3ccccc3)C2)cn1.O=Cc1ccc(Br)nc1.c1ccc(C2CNCCO2)cc1. The van der Waals surface area contributed by atoms with Gasteiger partial charge < -0.3 is 14.8 Å². The van der Waals surface area contributed by atoms with Gasteiger partial charge in [-0.25, -0.2) is 9.97 Å². The monoisotopic (exact) mass is 680 g/mol. The number of aromatic nitrogens is 2. The molecule has 9 heteroatoms. The predicted octanol–water partition coefficient (Wildman–Crippen LogP) is 6.42. The summed E-state index contributed by atoms with van der Waals surface area (Å²) in [6.45, 7) is 6.34. The predicted molar refractivity (Wildman–Crippen MR) is 168 cm³/mol. The van der Waals surface area contributed by atoms with Gasteiger partial charge in [-0.3, -0.25) is 9.69 Å². The highest BCUT2D eigenvalue weighted by atomic mass is 79.9. The number of carbonyl (C=O) groups excluding carboxylic acids is 1. The van der Waals surface area contributed by atoms with Crippen LogP contribution in [0.15, 0.2) is 107 Å². The summed E-state index contributed by atoms with van der Waals surface area (Å²) in [5, 5.41) is 3.31. The van der Waals surface area contributed by atoms with E-state index in [1.807, 2.05) is 36.5 Å². The maximum absolute atomic E-state index is 10.1. The van der Waals surface area contributed by atoms with Gasteiger partial charge in [0.1, 0.15) is 9.21 Å². The van der Waals surface area contributed by atoms with E-state index in [9.17, 15) is 4.79 Å². The molecule has 41 heavy (non-hydrogen) atoms. The Labute approximate surface area is 258 Å². The summed E-state index contributed by atoms with van der Waals surface area (Å²) in [6, 6.07) is 28.3. The molecular formula is C32H34Br2N4O3. The number of morpholine rings is 2. The lowest BCUT2D eigenvalue weighted by Gasteiger charge is -2.33. The van der Waals surface area contributed by atoms with E-state index < -0.39 is 0 Å². The van der Waals surface area contributed by atoms with E-state index in [0.717, 1.165) is 61.4 Å². The number of hydrogen-bond acceptors (Lipinski definition) is 7. The van der Waals surface area contributed by atoms with Gasteiger partial charge >= 0.3 is 0 Å². The highest BCUT2D eigenvalue weighted by molar-refractivity contribution is 9.10. The quantitative estimate of drug-likeness (QED) is 0.192. The molecule has 0 amide bonds. The number of halogens is 2. The van der Waals surface area contributed by atoms with Crippen molar-refractivity contribution in [3.63, 3.8) is 0 Å². The first-order valence-electron chi connectivity index (χ1n) is 13.5. The van der Waals surface area contributed by atoms with Crippen LogP contribution in [0.3, 0.4) is 0 Å². The fraction of sp³-hybridized carbons (Fsp3) is 0.281. The molecule has 2 aromatic heterocycles. The average molecular weight is 682 g/mol. The summed E-state index contributed by atoms with van der Waals surface area (Å²) < 4.78 is 13.1. The summed E-state index contributed by atoms with van der Waals surface area (Å²) in [4.78, 5) is 20.6. The summed E-state index contributed by atoms with van der Waals surface area (Å²) in [6.07, 6.45) is 4.63. The number of carbonyl (C=O) groups is 1. The zero-order chi connectivity index (χ0) is 28.7. The van der Waals surface area contributed by atoms with E-state index in [-0.39, 0.29) is 12.2 Å². The van der Waals surface area contributed by atoms with Crippen LogP contribution in [0.1, 0.15) is 39.3 Å². The summed E-state index contributed by atoms with van der Waals surface area (Å²) in [5.41, 5.74) is 4.36. The molecule has 2 aromatic carbocycles. The van der Waals surface area contributed by atoms with E-state index in [1.54, 1.807) is 12.1 Å². The lowest BCUT2D eigenvalue weighted by atomic mass is 10.1. The molecule has 2 aliphatic rings. The van der Waals surface area contributed by atoms with Crippen molar-refractivity contribution in [2.75, 3.05) is 39.4 Å². The topological polar surface area (TPSA) is 76.6 Å². The second-order valence-electron chi connectivity index (χ2n) is 9.50. The molecule has 214 valence electrons. The van der Waals surface area contributed by atoms with Crippen molar-refractivity contribution >= 4 is 38.1 Å². The molecule has 4 heterocycles. The van der Waals surface area contributed by atoms with Crippen LogP contribution >= 0.6 is 31.9 Å². The van der Waals surface area contributed by atoms with Crippen LogP contribution < -0.4 is 5.32 Å². The Kier molecular flexibility index (Phi) is 13.1. The zero-order valence-electron chi connectivity index (χ0n) is 22.7. The van der Waals surface area contributed by atoms with Gasteiger partial charge in [-0.1, -0.05) is 66.7 Å².